The lowest BCUT2D eigenvalue weighted by Gasteiger charge is -2.35. The van der Waals surface area contributed by atoms with E-state index in [0.717, 1.165) is 27.3 Å². The fraction of sp³-hybridized carbons (Fsp3) is 0.488. The highest BCUT2D eigenvalue weighted by atomic mass is 35.5. The average molecular weight is 840 g/mol. The molecule has 1 saturated heterocycles. The number of aliphatic hydroxyl groups excluding tert-OH is 1. The van der Waals surface area contributed by atoms with Crippen LogP contribution in [0.5, 0.6) is 0 Å². The van der Waals surface area contributed by atoms with Gasteiger partial charge in [0.05, 0.1) is 38.9 Å². The Morgan fingerprint density at radius 3 is 2.33 bits per heavy atom. The van der Waals surface area contributed by atoms with Crippen molar-refractivity contribution < 1.29 is 39.0 Å². The number of aliphatic hydroxyl groups is 1. The minimum absolute atomic E-state index is 0.0286. The number of thiazole rings is 1. The highest BCUT2D eigenvalue weighted by molar-refractivity contribution is 7.13. The Hall–Kier alpha value is -5.06. The van der Waals surface area contributed by atoms with Crippen molar-refractivity contribution in [2.45, 2.75) is 116 Å². The van der Waals surface area contributed by atoms with E-state index in [-0.39, 0.29) is 60.8 Å². The van der Waals surface area contributed by atoms with Crippen molar-refractivity contribution in [3.05, 3.63) is 69.8 Å². The molecule has 17 heteroatoms. The van der Waals surface area contributed by atoms with Crippen LogP contribution in [0, 0.1) is 12.3 Å². The van der Waals surface area contributed by atoms with Crippen LogP contribution in [0.2, 0.25) is 5.02 Å². The fourth-order valence-corrected chi connectivity index (χ4v) is 7.90. The molecule has 15 nitrogen and oxygen atoms in total. The number of carbonyl (C=O) groups excluding carboxylic acids is 5. The molecule has 4 rings (SSSR count). The number of nitrogens with zero attached hydrogens (tertiary/aromatic N) is 2. The van der Waals surface area contributed by atoms with E-state index in [1.54, 1.807) is 35.0 Å². The molecule has 3 unspecified atom stereocenters. The van der Waals surface area contributed by atoms with E-state index < -0.39 is 53.5 Å². The van der Waals surface area contributed by atoms with E-state index in [0.29, 0.717) is 25.7 Å². The number of hydrogen-bond donors (Lipinski definition) is 7. The molecule has 3 aromatic rings. The number of carboxylic acid groups (broad SMARTS) is 1. The first-order valence-corrected chi connectivity index (χ1v) is 20.6. The molecule has 1 aliphatic heterocycles. The number of β-amino-alcohol motifs (C(OH)–C–C–N with tert-alkyl or cyclic N) is 1. The van der Waals surface area contributed by atoms with Crippen LogP contribution in [0.4, 0.5) is 10.5 Å². The van der Waals surface area contributed by atoms with E-state index in [1.165, 1.54) is 4.90 Å². The number of nitrogens with one attached hydrogen (secondary N) is 4. The Bertz CT molecular complexity index is 1950. The maximum absolute atomic E-state index is 14.1. The van der Waals surface area contributed by atoms with E-state index in [1.807, 2.05) is 58.9 Å². The van der Waals surface area contributed by atoms with E-state index >= 15 is 0 Å². The Balaban J connectivity index is 1.29. The zero-order valence-corrected chi connectivity index (χ0v) is 35.0. The van der Waals surface area contributed by atoms with Gasteiger partial charge < -0.3 is 42.1 Å². The van der Waals surface area contributed by atoms with Gasteiger partial charge in [0.25, 0.3) is 0 Å². The topological polar surface area (TPSA) is 233 Å². The van der Waals surface area contributed by atoms with Crippen molar-refractivity contribution in [3.8, 4) is 10.4 Å². The molecule has 1 aromatic heterocycles. The summed E-state index contributed by atoms with van der Waals surface area (Å²) < 4.78 is 0. The predicted octanol–water partition coefficient (Wildman–Crippen LogP) is 5.09. The summed E-state index contributed by atoms with van der Waals surface area (Å²) in [5.41, 5.74) is 10.2. The molecule has 0 bridgehead atoms. The second kappa shape index (κ2) is 20.6. The lowest BCUT2D eigenvalue weighted by Crippen LogP contribution is -2.57. The van der Waals surface area contributed by atoms with Crippen molar-refractivity contribution in [1.29, 1.82) is 0 Å². The first-order valence-electron chi connectivity index (χ1n) is 19.3. The number of halogens is 1. The fourth-order valence-electron chi connectivity index (χ4n) is 6.82. The minimum Gasteiger partial charge on any atom is -0.465 e. The number of anilines is 1. The van der Waals surface area contributed by atoms with Crippen LogP contribution >= 0.6 is 22.9 Å². The lowest BCUT2D eigenvalue weighted by atomic mass is 9.85. The lowest BCUT2D eigenvalue weighted by molar-refractivity contribution is -0.144. The Labute approximate surface area is 347 Å². The third kappa shape index (κ3) is 12.7. The average Bonchev–Trinajstić information content (AvgIpc) is 3.77. The summed E-state index contributed by atoms with van der Waals surface area (Å²) in [5.74, 6) is -2.49. The van der Waals surface area contributed by atoms with Crippen molar-refractivity contribution in [3.63, 3.8) is 0 Å². The van der Waals surface area contributed by atoms with Gasteiger partial charge in [-0.15, -0.1) is 11.3 Å². The van der Waals surface area contributed by atoms with Gasteiger partial charge in [0.1, 0.15) is 18.1 Å². The second-order valence-electron chi connectivity index (χ2n) is 15.7. The second-order valence-corrected chi connectivity index (χ2v) is 17.0. The summed E-state index contributed by atoms with van der Waals surface area (Å²) in [6.07, 6.45) is -0.0356. The van der Waals surface area contributed by atoms with Gasteiger partial charge in [-0.25, -0.2) is 9.78 Å². The standard InChI is InChI=1S/C41H54ClN7O8S/c1-23(25-14-16-27(17-15-25)35-24(2)44-22-58-35)45-38(54)31-20-28(50)21-49(31)39(55)36(41(3,4)5)48-33(52)13-8-6-7-10-26-11-9-12-29(34(26)42)46-37(53)30(47-40(56)57)18-19-32(43)51/h9,11-12,14-17,22-23,28,30-31,36,47,50H,6-8,10,13,18-21H2,1-5H3,(H2,43,51)(H,45,54)(H,46,53)(H,48,52)(H,56,57)/t23?,28-,30?,31+,36?/m1/s1. The van der Waals surface area contributed by atoms with Crippen LogP contribution in [0.3, 0.4) is 0 Å². The molecule has 58 heavy (non-hydrogen) atoms. The number of carbonyl (C=O) groups is 6. The quantitative estimate of drug-likeness (QED) is 0.0845. The molecule has 2 heterocycles. The summed E-state index contributed by atoms with van der Waals surface area (Å²) in [6.45, 7) is 9.30. The molecule has 0 saturated carbocycles. The zero-order chi connectivity index (χ0) is 42.7. The van der Waals surface area contributed by atoms with Crippen molar-refractivity contribution >= 4 is 64.3 Å². The Morgan fingerprint density at radius 2 is 1.71 bits per heavy atom. The highest BCUT2D eigenvalue weighted by Crippen LogP contribution is 2.31. The monoisotopic (exact) mass is 839 g/mol. The smallest absolute Gasteiger partial charge is 0.405 e. The van der Waals surface area contributed by atoms with Crippen LogP contribution < -0.4 is 27.0 Å². The molecule has 0 radical (unpaired) electrons. The molecular formula is C41H54ClN7O8S. The molecule has 2 aromatic carbocycles. The molecule has 5 atom stereocenters. The van der Waals surface area contributed by atoms with E-state index in [4.69, 9.17) is 22.4 Å². The number of amides is 6. The van der Waals surface area contributed by atoms with Crippen LogP contribution in [-0.4, -0.2) is 86.5 Å². The number of unbranched alkanes of at least 4 members (excludes halogenated alkanes) is 2. The first kappa shape index (κ1) is 45.6. The minimum atomic E-state index is -1.43. The molecule has 1 aliphatic rings. The zero-order valence-electron chi connectivity index (χ0n) is 33.5. The molecule has 0 aliphatic carbocycles. The van der Waals surface area contributed by atoms with Crippen LogP contribution in [0.25, 0.3) is 10.4 Å². The summed E-state index contributed by atoms with van der Waals surface area (Å²) in [5, 5.41) is 30.6. The summed E-state index contributed by atoms with van der Waals surface area (Å²) >= 11 is 8.15. The summed E-state index contributed by atoms with van der Waals surface area (Å²) in [6, 6.07) is 9.53. The Kier molecular flexibility index (Phi) is 16.2. The molecular weight excluding hydrogens is 786 g/mol. The molecule has 0 spiro atoms. The number of nitrogens with two attached hydrogens (primary N) is 1. The van der Waals surface area contributed by atoms with Gasteiger partial charge in [-0.1, -0.05) is 75.2 Å². The maximum atomic E-state index is 14.1. The van der Waals surface area contributed by atoms with E-state index in [9.17, 15) is 33.9 Å². The van der Waals surface area contributed by atoms with Crippen molar-refractivity contribution in [1.82, 2.24) is 25.8 Å². The number of aromatic nitrogens is 1. The van der Waals surface area contributed by atoms with Gasteiger partial charge in [-0.05, 0) is 67.7 Å². The summed E-state index contributed by atoms with van der Waals surface area (Å²) in [4.78, 5) is 82.8. The maximum Gasteiger partial charge on any atom is 0.405 e. The van der Waals surface area contributed by atoms with Crippen LogP contribution in [-0.2, 0) is 30.4 Å². The van der Waals surface area contributed by atoms with Crippen LogP contribution in [0.1, 0.15) is 95.5 Å². The number of hydrogen-bond acceptors (Lipinski definition) is 9. The number of likely N-dealkylation sites (tertiary alicyclic amines) is 1. The first-order chi connectivity index (χ1) is 27.3. The number of aryl methyl sites for hydroxylation is 2. The molecule has 6 amide bonds. The van der Waals surface area contributed by atoms with Gasteiger partial charge in [0.15, 0.2) is 0 Å². The third-order valence-electron chi connectivity index (χ3n) is 10.0. The molecule has 8 N–H and O–H groups in total. The van der Waals surface area contributed by atoms with Gasteiger partial charge in [-0.3, -0.25) is 24.0 Å². The number of benzene rings is 2. The van der Waals surface area contributed by atoms with Crippen molar-refractivity contribution in [2.24, 2.45) is 11.1 Å². The number of rotatable bonds is 18. The van der Waals surface area contributed by atoms with Gasteiger partial charge in [0.2, 0.25) is 29.5 Å². The number of primary amides is 1. The SMILES string of the molecule is Cc1ncsc1-c1ccc(C(C)NC(=O)[C@@H]2C[C@@H](O)CN2C(=O)C(NC(=O)CCCCCc2cccc(NC(=O)C(CCC(N)=O)NC(=O)O)c2Cl)C(C)(C)C)cc1. The van der Waals surface area contributed by atoms with Gasteiger partial charge in [-0.2, -0.15) is 0 Å². The largest absolute Gasteiger partial charge is 0.465 e. The summed E-state index contributed by atoms with van der Waals surface area (Å²) in [7, 11) is 0. The van der Waals surface area contributed by atoms with Crippen molar-refractivity contribution in [2.75, 3.05) is 11.9 Å². The van der Waals surface area contributed by atoms with Crippen LogP contribution in [0.15, 0.2) is 48.0 Å². The predicted molar refractivity (Wildman–Crippen MR) is 222 cm³/mol. The van der Waals surface area contributed by atoms with Gasteiger partial charge >= 0.3 is 6.09 Å². The molecule has 314 valence electrons. The third-order valence-corrected chi connectivity index (χ3v) is 11.5. The van der Waals surface area contributed by atoms with Gasteiger partial charge in [0, 0.05) is 25.8 Å². The molecule has 1 fully saturated rings. The van der Waals surface area contributed by atoms with E-state index in [2.05, 4.69) is 26.3 Å². The Morgan fingerprint density at radius 1 is 1.00 bits per heavy atom. The normalized spacial score (nSPS) is 16.8. The highest BCUT2D eigenvalue weighted by Gasteiger charge is 2.44.